The monoisotopic (exact) mass is 436 g/mol. The molecule has 0 saturated carbocycles. The van der Waals surface area contributed by atoms with Crippen molar-refractivity contribution >= 4 is 45.0 Å². The van der Waals surface area contributed by atoms with Crippen LogP contribution in [0.25, 0.3) is 10.2 Å². The number of nitrogens with zero attached hydrogens (tertiary/aromatic N) is 2. The first-order chi connectivity index (χ1) is 13.8. The van der Waals surface area contributed by atoms with Crippen molar-refractivity contribution in [1.29, 1.82) is 0 Å². The van der Waals surface area contributed by atoms with Crippen LogP contribution in [-0.4, -0.2) is 28.2 Å². The lowest BCUT2D eigenvalue weighted by Crippen LogP contribution is -2.27. The molecular formula is C20H18ClFN2O4S. The molecular weight excluding hydrogens is 419 g/mol. The maximum absolute atomic E-state index is 13.4. The van der Waals surface area contributed by atoms with Gasteiger partial charge in [-0.3, -0.25) is 4.79 Å². The van der Waals surface area contributed by atoms with Crippen LogP contribution < -0.4 is 9.54 Å². The van der Waals surface area contributed by atoms with E-state index in [9.17, 15) is 19.1 Å². The fraction of sp³-hybridized carbons (Fsp3) is 0.250. The zero-order valence-electron chi connectivity index (χ0n) is 15.7. The van der Waals surface area contributed by atoms with Crippen molar-refractivity contribution in [2.45, 2.75) is 26.3 Å². The quantitative estimate of drug-likeness (QED) is 0.608. The van der Waals surface area contributed by atoms with Crippen molar-refractivity contribution in [2.75, 3.05) is 6.61 Å². The van der Waals surface area contributed by atoms with Crippen molar-refractivity contribution in [3.8, 4) is 5.75 Å². The van der Waals surface area contributed by atoms with Crippen LogP contribution in [0.5, 0.6) is 5.75 Å². The largest absolute Gasteiger partial charge is 0.494 e. The molecule has 0 aliphatic rings. The molecule has 3 rings (SSSR count). The lowest BCUT2D eigenvalue weighted by Gasteiger charge is -2.13. The standard InChI is InChI=1S/C20H18ClFN2O4S/c1-3-15(19(26)27)24-16-8-6-12(28-4-2)10-17(16)29-20(24)23-18(25)11-5-7-14(22)13(21)9-11/h5-10,15H,3-4H2,1-2H3,(H,26,27)/b23-20-. The van der Waals surface area contributed by atoms with Crippen LogP contribution in [0.15, 0.2) is 41.4 Å². The van der Waals surface area contributed by atoms with Crippen molar-refractivity contribution < 1.29 is 23.8 Å². The predicted molar refractivity (Wildman–Crippen MR) is 109 cm³/mol. The molecule has 152 valence electrons. The Morgan fingerprint density at radius 3 is 2.66 bits per heavy atom. The minimum Gasteiger partial charge on any atom is -0.494 e. The molecule has 1 amide bonds. The summed E-state index contributed by atoms with van der Waals surface area (Å²) in [6, 6.07) is 7.95. The van der Waals surface area contributed by atoms with Crippen LogP contribution in [0.2, 0.25) is 5.02 Å². The second-order valence-corrected chi connectivity index (χ2v) is 7.54. The minimum atomic E-state index is -1.03. The third kappa shape index (κ3) is 4.33. The van der Waals surface area contributed by atoms with E-state index >= 15 is 0 Å². The van der Waals surface area contributed by atoms with Crippen LogP contribution in [0, 0.1) is 5.82 Å². The van der Waals surface area contributed by atoms with Crippen LogP contribution in [0.3, 0.4) is 0 Å². The molecule has 3 aromatic rings. The number of carboxylic acid groups (broad SMARTS) is 1. The van der Waals surface area contributed by atoms with Gasteiger partial charge in [0.1, 0.15) is 17.6 Å². The van der Waals surface area contributed by atoms with Crippen LogP contribution in [-0.2, 0) is 4.79 Å². The molecule has 29 heavy (non-hydrogen) atoms. The molecule has 1 N–H and O–H groups in total. The molecule has 1 heterocycles. The van der Waals surface area contributed by atoms with Gasteiger partial charge >= 0.3 is 5.97 Å². The van der Waals surface area contributed by atoms with Gasteiger partial charge in [0.15, 0.2) is 4.80 Å². The second-order valence-electron chi connectivity index (χ2n) is 6.13. The molecule has 9 heteroatoms. The molecule has 2 aromatic carbocycles. The summed E-state index contributed by atoms with van der Waals surface area (Å²) < 4.78 is 21.2. The van der Waals surface area contributed by atoms with Gasteiger partial charge < -0.3 is 14.4 Å². The molecule has 1 unspecified atom stereocenters. The third-order valence-corrected chi connectivity index (χ3v) is 5.56. The number of ether oxygens (including phenoxy) is 1. The molecule has 6 nitrogen and oxygen atoms in total. The summed E-state index contributed by atoms with van der Waals surface area (Å²) in [5, 5.41) is 9.47. The predicted octanol–water partition coefficient (Wildman–Crippen LogP) is 4.67. The Kier molecular flexibility index (Phi) is 6.34. The normalized spacial score (nSPS) is 12.9. The number of benzene rings is 2. The smallest absolute Gasteiger partial charge is 0.326 e. The first-order valence-electron chi connectivity index (χ1n) is 8.90. The number of fused-ring (bicyclic) bond motifs is 1. The van der Waals surface area contributed by atoms with E-state index in [1.807, 2.05) is 6.92 Å². The molecule has 0 saturated heterocycles. The number of thiazole rings is 1. The van der Waals surface area contributed by atoms with E-state index in [4.69, 9.17) is 16.3 Å². The van der Waals surface area contributed by atoms with Gasteiger partial charge in [-0.15, -0.1) is 0 Å². The van der Waals surface area contributed by atoms with E-state index in [2.05, 4.69) is 4.99 Å². The summed E-state index contributed by atoms with van der Waals surface area (Å²) in [6.07, 6.45) is 0.304. The zero-order valence-corrected chi connectivity index (χ0v) is 17.3. The fourth-order valence-corrected chi connectivity index (χ4v) is 4.18. The van der Waals surface area contributed by atoms with Gasteiger partial charge in [-0.2, -0.15) is 4.99 Å². The Morgan fingerprint density at radius 1 is 1.28 bits per heavy atom. The van der Waals surface area contributed by atoms with Crippen molar-refractivity contribution in [1.82, 2.24) is 4.57 Å². The van der Waals surface area contributed by atoms with E-state index in [-0.39, 0.29) is 15.4 Å². The number of amides is 1. The molecule has 0 aliphatic carbocycles. The maximum atomic E-state index is 13.4. The van der Waals surface area contributed by atoms with E-state index in [0.717, 1.165) is 10.8 Å². The molecule has 0 radical (unpaired) electrons. The Labute approximate surface area is 174 Å². The highest BCUT2D eigenvalue weighted by Gasteiger charge is 2.22. The molecule has 1 atom stereocenters. The van der Waals surface area contributed by atoms with Gasteiger partial charge in [0, 0.05) is 5.56 Å². The summed E-state index contributed by atoms with van der Waals surface area (Å²) in [7, 11) is 0. The number of carbonyl (C=O) groups is 2. The van der Waals surface area contributed by atoms with E-state index < -0.39 is 23.7 Å². The lowest BCUT2D eigenvalue weighted by molar-refractivity contribution is -0.140. The number of aliphatic carboxylic acids is 1. The van der Waals surface area contributed by atoms with Gasteiger partial charge in [-0.05, 0) is 49.7 Å². The molecule has 0 aliphatic heterocycles. The van der Waals surface area contributed by atoms with Crippen molar-refractivity contribution in [3.63, 3.8) is 0 Å². The maximum Gasteiger partial charge on any atom is 0.326 e. The van der Waals surface area contributed by atoms with E-state index in [1.54, 1.807) is 25.1 Å². The Hall–Kier alpha value is -2.71. The van der Waals surface area contributed by atoms with Crippen LogP contribution >= 0.6 is 22.9 Å². The molecule has 1 aromatic heterocycles. The number of rotatable bonds is 6. The summed E-state index contributed by atoms with van der Waals surface area (Å²) in [5.74, 6) is -1.67. The Bertz CT molecular complexity index is 1160. The van der Waals surface area contributed by atoms with Gasteiger partial charge in [0.25, 0.3) is 5.91 Å². The van der Waals surface area contributed by atoms with Crippen LogP contribution in [0.1, 0.15) is 36.7 Å². The first kappa shape index (κ1) is 21.0. The average Bonchev–Trinajstić information content (AvgIpc) is 3.01. The Balaban J connectivity index is 2.20. The summed E-state index contributed by atoms with van der Waals surface area (Å²) >= 11 is 6.94. The van der Waals surface area contributed by atoms with Gasteiger partial charge in [-0.1, -0.05) is 29.9 Å². The highest BCUT2D eigenvalue weighted by atomic mass is 35.5. The SMILES string of the molecule is CCOc1ccc2c(c1)s/c(=N\C(=O)c1ccc(F)c(Cl)c1)n2C(CC)C(=O)O. The highest BCUT2D eigenvalue weighted by molar-refractivity contribution is 7.16. The first-order valence-corrected chi connectivity index (χ1v) is 10.1. The number of carboxylic acids is 1. The van der Waals surface area contributed by atoms with Crippen molar-refractivity contribution in [3.05, 3.63) is 57.6 Å². The topological polar surface area (TPSA) is 80.9 Å². The Morgan fingerprint density at radius 2 is 2.03 bits per heavy atom. The average molecular weight is 437 g/mol. The number of hydrogen-bond acceptors (Lipinski definition) is 4. The van der Waals surface area contributed by atoms with Gasteiger partial charge in [0.05, 0.1) is 21.8 Å². The molecule has 0 bridgehead atoms. The van der Waals surface area contributed by atoms with Crippen molar-refractivity contribution in [2.24, 2.45) is 4.99 Å². The molecule has 0 spiro atoms. The van der Waals surface area contributed by atoms with Crippen LogP contribution in [0.4, 0.5) is 4.39 Å². The summed E-state index contributed by atoms with van der Waals surface area (Å²) in [5.41, 5.74) is 0.746. The lowest BCUT2D eigenvalue weighted by atomic mass is 10.2. The van der Waals surface area contributed by atoms with Gasteiger partial charge in [-0.25, -0.2) is 9.18 Å². The summed E-state index contributed by atoms with van der Waals surface area (Å²) in [4.78, 5) is 28.8. The number of aromatic nitrogens is 1. The minimum absolute atomic E-state index is 0.110. The number of carbonyl (C=O) groups excluding carboxylic acids is 1. The zero-order chi connectivity index (χ0) is 21.1. The van der Waals surface area contributed by atoms with E-state index in [1.165, 1.54) is 28.0 Å². The number of halogens is 2. The third-order valence-electron chi connectivity index (χ3n) is 4.26. The molecule has 0 fully saturated rings. The highest BCUT2D eigenvalue weighted by Crippen LogP contribution is 2.27. The van der Waals surface area contributed by atoms with E-state index in [0.29, 0.717) is 24.3 Å². The second kappa shape index (κ2) is 8.75. The van der Waals surface area contributed by atoms with Gasteiger partial charge in [0.2, 0.25) is 0 Å². The number of hydrogen-bond donors (Lipinski definition) is 1. The fourth-order valence-electron chi connectivity index (χ4n) is 2.91. The summed E-state index contributed by atoms with van der Waals surface area (Å²) in [6.45, 7) is 4.10.